The molecule has 0 aliphatic carbocycles. The molecule has 0 radical (unpaired) electrons. The van der Waals surface area contributed by atoms with Gasteiger partial charge in [0.25, 0.3) is 5.91 Å². The lowest BCUT2D eigenvalue weighted by Crippen LogP contribution is -2.18. The lowest BCUT2D eigenvalue weighted by molar-refractivity contribution is 0.102. The number of carbonyl (C=O) groups is 1. The summed E-state index contributed by atoms with van der Waals surface area (Å²) < 4.78 is 0. The predicted octanol–water partition coefficient (Wildman–Crippen LogP) is 1.08. The van der Waals surface area contributed by atoms with Crippen LogP contribution < -0.4 is 10.6 Å². The highest BCUT2D eigenvalue weighted by Gasteiger charge is 2.12. The maximum atomic E-state index is 12.0. The molecular weight excluding hydrogens is 270 g/mol. The van der Waals surface area contributed by atoms with Gasteiger partial charge in [0.15, 0.2) is 5.69 Å². The van der Waals surface area contributed by atoms with Gasteiger partial charge in [-0.1, -0.05) is 13.8 Å². The molecule has 8 nitrogen and oxygen atoms in total. The fourth-order valence-corrected chi connectivity index (χ4v) is 1.74. The molecule has 0 spiro atoms. The van der Waals surface area contributed by atoms with Crippen molar-refractivity contribution in [3.8, 4) is 0 Å². The molecule has 0 bridgehead atoms. The molecule has 0 fully saturated rings. The summed E-state index contributed by atoms with van der Waals surface area (Å²) in [6.45, 7) is 3.97. The molecule has 21 heavy (non-hydrogen) atoms. The van der Waals surface area contributed by atoms with Gasteiger partial charge in [0, 0.05) is 7.05 Å². The van der Waals surface area contributed by atoms with Crippen molar-refractivity contribution in [3.05, 3.63) is 29.2 Å². The van der Waals surface area contributed by atoms with Crippen LogP contribution in [0.15, 0.2) is 12.1 Å². The molecular formula is C13H17N7O. The van der Waals surface area contributed by atoms with E-state index in [-0.39, 0.29) is 11.6 Å². The number of nitrogens with one attached hydrogen (secondary N) is 2. The van der Waals surface area contributed by atoms with E-state index in [0.717, 1.165) is 24.2 Å². The van der Waals surface area contributed by atoms with E-state index in [4.69, 9.17) is 0 Å². The van der Waals surface area contributed by atoms with E-state index in [1.165, 1.54) is 0 Å². The molecule has 2 aromatic rings. The summed E-state index contributed by atoms with van der Waals surface area (Å²) in [6, 6.07) is 3.24. The highest BCUT2D eigenvalue weighted by molar-refractivity contribution is 6.01. The van der Waals surface area contributed by atoms with Crippen molar-refractivity contribution in [2.75, 3.05) is 17.7 Å². The highest BCUT2D eigenvalue weighted by atomic mass is 16.2. The first-order chi connectivity index (χ1) is 10.2. The molecule has 2 aromatic heterocycles. The van der Waals surface area contributed by atoms with Gasteiger partial charge in [-0.3, -0.25) is 10.1 Å². The van der Waals surface area contributed by atoms with Crippen molar-refractivity contribution < 1.29 is 4.79 Å². The minimum absolute atomic E-state index is 0.175. The molecule has 0 saturated heterocycles. The molecule has 0 aliphatic rings. The van der Waals surface area contributed by atoms with Gasteiger partial charge in [0.05, 0.1) is 11.4 Å². The molecule has 2 heterocycles. The van der Waals surface area contributed by atoms with Crippen LogP contribution in [0.5, 0.6) is 0 Å². The minimum atomic E-state index is -0.418. The topological polar surface area (TPSA) is 106 Å². The first kappa shape index (κ1) is 14.8. The van der Waals surface area contributed by atoms with Gasteiger partial charge < -0.3 is 5.32 Å². The second-order valence-corrected chi connectivity index (χ2v) is 4.24. The number of hydrogen-bond donors (Lipinski definition) is 2. The van der Waals surface area contributed by atoms with Crippen LogP contribution >= 0.6 is 0 Å². The van der Waals surface area contributed by atoms with Crippen molar-refractivity contribution >= 4 is 17.7 Å². The number of rotatable bonds is 5. The second kappa shape index (κ2) is 6.69. The first-order valence-electron chi connectivity index (χ1n) is 6.73. The number of nitrogens with zero attached hydrogens (tertiary/aromatic N) is 5. The third kappa shape index (κ3) is 3.47. The molecule has 0 saturated carbocycles. The third-order valence-corrected chi connectivity index (χ3v) is 2.89. The van der Waals surface area contributed by atoms with E-state index in [0.29, 0.717) is 5.82 Å². The van der Waals surface area contributed by atoms with Crippen LogP contribution in [0.4, 0.5) is 11.8 Å². The van der Waals surface area contributed by atoms with Crippen molar-refractivity contribution in [2.45, 2.75) is 26.7 Å². The van der Waals surface area contributed by atoms with Crippen LogP contribution in [0.25, 0.3) is 0 Å². The Morgan fingerprint density at radius 2 is 1.81 bits per heavy atom. The lowest BCUT2D eigenvalue weighted by Gasteiger charge is -2.06. The van der Waals surface area contributed by atoms with Gasteiger partial charge in [-0.05, 0) is 25.0 Å². The van der Waals surface area contributed by atoms with Crippen LogP contribution in [0.2, 0.25) is 0 Å². The average Bonchev–Trinajstić information content (AvgIpc) is 2.54. The molecule has 0 atom stereocenters. The fourth-order valence-electron chi connectivity index (χ4n) is 1.74. The van der Waals surface area contributed by atoms with Gasteiger partial charge in [-0.2, -0.15) is 0 Å². The van der Waals surface area contributed by atoms with E-state index in [1.54, 1.807) is 19.2 Å². The van der Waals surface area contributed by atoms with Crippen LogP contribution in [-0.2, 0) is 12.8 Å². The monoisotopic (exact) mass is 287 g/mol. The number of amides is 1. The van der Waals surface area contributed by atoms with Gasteiger partial charge in [0.2, 0.25) is 5.95 Å². The zero-order chi connectivity index (χ0) is 15.2. The van der Waals surface area contributed by atoms with Crippen molar-refractivity contribution in [2.24, 2.45) is 0 Å². The van der Waals surface area contributed by atoms with Crippen LogP contribution in [0.1, 0.15) is 35.7 Å². The summed E-state index contributed by atoms with van der Waals surface area (Å²) in [7, 11) is 1.73. The molecule has 2 rings (SSSR count). The number of carbonyl (C=O) groups excluding carboxylic acids is 1. The molecule has 2 N–H and O–H groups in total. The minimum Gasteiger partial charge on any atom is -0.372 e. The normalized spacial score (nSPS) is 10.2. The van der Waals surface area contributed by atoms with Gasteiger partial charge >= 0.3 is 0 Å². The fraction of sp³-hybridized carbons (Fsp3) is 0.385. The largest absolute Gasteiger partial charge is 0.372 e. The summed E-state index contributed by atoms with van der Waals surface area (Å²) in [6.07, 6.45) is 1.49. The number of anilines is 2. The lowest BCUT2D eigenvalue weighted by atomic mass is 10.2. The SMILES string of the molecule is CCc1nnc(NC(=O)c2ccc(NC)nn2)nc1CC. The van der Waals surface area contributed by atoms with Crippen molar-refractivity contribution in [3.63, 3.8) is 0 Å². The van der Waals surface area contributed by atoms with Crippen LogP contribution in [0.3, 0.4) is 0 Å². The number of aromatic nitrogens is 5. The quantitative estimate of drug-likeness (QED) is 0.847. The number of hydrogen-bond acceptors (Lipinski definition) is 7. The smallest absolute Gasteiger partial charge is 0.278 e. The first-order valence-corrected chi connectivity index (χ1v) is 6.73. The maximum Gasteiger partial charge on any atom is 0.278 e. The Hall–Kier alpha value is -2.64. The Kier molecular flexibility index (Phi) is 4.70. The Morgan fingerprint density at radius 3 is 2.38 bits per heavy atom. The van der Waals surface area contributed by atoms with E-state index < -0.39 is 5.91 Å². The molecule has 8 heteroatoms. The Balaban J connectivity index is 2.14. The second-order valence-electron chi connectivity index (χ2n) is 4.24. The molecule has 0 aliphatic heterocycles. The summed E-state index contributed by atoms with van der Waals surface area (Å²) >= 11 is 0. The number of aryl methyl sites for hydroxylation is 2. The Morgan fingerprint density at radius 1 is 1.05 bits per heavy atom. The summed E-state index contributed by atoms with van der Waals surface area (Å²) in [5.41, 5.74) is 1.86. The highest BCUT2D eigenvalue weighted by Crippen LogP contribution is 2.08. The molecule has 1 amide bonds. The maximum absolute atomic E-state index is 12.0. The zero-order valence-corrected chi connectivity index (χ0v) is 12.2. The van der Waals surface area contributed by atoms with E-state index >= 15 is 0 Å². The van der Waals surface area contributed by atoms with Crippen molar-refractivity contribution in [1.82, 2.24) is 25.4 Å². The molecule has 0 aromatic carbocycles. The van der Waals surface area contributed by atoms with Gasteiger partial charge in [-0.15, -0.1) is 20.4 Å². The summed E-state index contributed by atoms with van der Waals surface area (Å²) in [4.78, 5) is 16.3. The van der Waals surface area contributed by atoms with Gasteiger partial charge in [-0.25, -0.2) is 4.98 Å². The standard InChI is InChI=1S/C13H17N7O/c1-4-8-9(5-2)17-20-13(15-8)16-12(21)10-6-7-11(14-3)19-18-10/h6-7H,4-5H2,1-3H3,(H,14,19)(H,15,16,20,21). The summed E-state index contributed by atoms with van der Waals surface area (Å²) in [5.74, 6) is 0.344. The predicted molar refractivity (Wildman–Crippen MR) is 78.1 cm³/mol. The Bertz CT molecular complexity index is 627. The molecule has 110 valence electrons. The third-order valence-electron chi connectivity index (χ3n) is 2.89. The average molecular weight is 287 g/mol. The molecule has 0 unspecified atom stereocenters. The van der Waals surface area contributed by atoms with E-state index in [9.17, 15) is 4.79 Å². The Labute approximate surface area is 122 Å². The van der Waals surface area contributed by atoms with Crippen LogP contribution in [0, 0.1) is 0 Å². The van der Waals surface area contributed by atoms with Gasteiger partial charge in [0.1, 0.15) is 5.82 Å². The van der Waals surface area contributed by atoms with Crippen LogP contribution in [-0.4, -0.2) is 38.3 Å². The van der Waals surface area contributed by atoms with E-state index in [1.807, 2.05) is 13.8 Å². The zero-order valence-electron chi connectivity index (χ0n) is 12.2. The van der Waals surface area contributed by atoms with E-state index in [2.05, 4.69) is 36.0 Å². The summed E-state index contributed by atoms with van der Waals surface area (Å²) in [5, 5.41) is 21.0. The van der Waals surface area contributed by atoms with Crippen molar-refractivity contribution in [1.29, 1.82) is 0 Å².